The van der Waals surface area contributed by atoms with Crippen LogP contribution < -0.4 is 9.47 Å². The predicted octanol–water partition coefficient (Wildman–Crippen LogP) is 3.94. The van der Waals surface area contributed by atoms with Gasteiger partial charge >= 0.3 is 0 Å². The Morgan fingerprint density at radius 1 is 1.31 bits per heavy atom. The highest BCUT2D eigenvalue weighted by Crippen LogP contribution is 2.37. The predicted molar refractivity (Wildman–Crippen MR) is 111 cm³/mol. The Bertz CT molecular complexity index is 735. The molecular formula is C18H20INO5S. The molecule has 1 aliphatic rings. The van der Waals surface area contributed by atoms with Crippen LogP contribution in [0, 0.1) is 3.57 Å². The van der Waals surface area contributed by atoms with Gasteiger partial charge in [0.2, 0.25) is 0 Å². The Morgan fingerprint density at radius 3 is 2.73 bits per heavy atom. The maximum absolute atomic E-state index is 12.5. The van der Waals surface area contributed by atoms with E-state index in [0.29, 0.717) is 42.6 Å². The van der Waals surface area contributed by atoms with E-state index in [4.69, 9.17) is 14.2 Å². The summed E-state index contributed by atoms with van der Waals surface area (Å²) in [7, 11) is 3.14. The van der Waals surface area contributed by atoms with Gasteiger partial charge in [0, 0.05) is 20.3 Å². The van der Waals surface area contributed by atoms with Crippen LogP contribution >= 0.6 is 34.4 Å². The standard InChI is InChI=1S/C18H20INO5S/c1-4-7-25-16-13(19)9-12(10-14(16)24-3)11-15-17(21)20(18(22)26-15)6-5-8-23-2/h4,9-11H,1,5-8H2,2-3H3/b15-11-. The van der Waals surface area contributed by atoms with Crippen molar-refractivity contribution >= 4 is 51.6 Å². The minimum atomic E-state index is -0.280. The minimum Gasteiger partial charge on any atom is -0.493 e. The molecule has 0 bridgehead atoms. The summed E-state index contributed by atoms with van der Waals surface area (Å²) in [5.74, 6) is 0.902. The molecule has 1 aromatic carbocycles. The number of carbonyl (C=O) groups excluding carboxylic acids is 2. The van der Waals surface area contributed by atoms with Gasteiger partial charge in [0.15, 0.2) is 11.5 Å². The van der Waals surface area contributed by atoms with E-state index in [2.05, 4.69) is 29.2 Å². The normalized spacial score (nSPS) is 15.7. The smallest absolute Gasteiger partial charge is 0.293 e. The molecule has 0 unspecified atom stereocenters. The fraction of sp³-hybridized carbons (Fsp3) is 0.333. The van der Waals surface area contributed by atoms with Crippen molar-refractivity contribution < 1.29 is 23.8 Å². The van der Waals surface area contributed by atoms with Crippen LogP contribution in [0.3, 0.4) is 0 Å². The van der Waals surface area contributed by atoms with Crippen molar-refractivity contribution in [2.24, 2.45) is 0 Å². The fourth-order valence-corrected chi connectivity index (χ4v) is 3.96. The summed E-state index contributed by atoms with van der Waals surface area (Å²) < 4.78 is 16.8. The van der Waals surface area contributed by atoms with Gasteiger partial charge in [-0.3, -0.25) is 14.5 Å². The second kappa shape index (κ2) is 9.98. The average molecular weight is 489 g/mol. The van der Waals surface area contributed by atoms with Gasteiger partial charge in [0.05, 0.1) is 15.6 Å². The fourth-order valence-electron chi connectivity index (χ4n) is 2.32. The summed E-state index contributed by atoms with van der Waals surface area (Å²) >= 11 is 3.09. The van der Waals surface area contributed by atoms with Gasteiger partial charge in [-0.05, 0) is 64.5 Å². The quantitative estimate of drug-likeness (QED) is 0.227. The first-order valence-electron chi connectivity index (χ1n) is 7.87. The van der Waals surface area contributed by atoms with E-state index < -0.39 is 0 Å². The first-order valence-corrected chi connectivity index (χ1v) is 9.76. The Kier molecular flexibility index (Phi) is 7.98. The monoisotopic (exact) mass is 489 g/mol. The maximum Gasteiger partial charge on any atom is 0.293 e. The lowest BCUT2D eigenvalue weighted by Crippen LogP contribution is -2.29. The van der Waals surface area contributed by atoms with Crippen molar-refractivity contribution in [2.45, 2.75) is 6.42 Å². The number of carbonyl (C=O) groups is 2. The van der Waals surface area contributed by atoms with Gasteiger partial charge in [-0.15, -0.1) is 0 Å². The number of nitrogens with zero attached hydrogens (tertiary/aromatic N) is 1. The number of imide groups is 1. The third kappa shape index (κ3) is 5.01. The highest BCUT2D eigenvalue weighted by atomic mass is 127. The summed E-state index contributed by atoms with van der Waals surface area (Å²) in [5, 5.41) is -0.259. The number of amides is 2. The zero-order chi connectivity index (χ0) is 19.1. The second-order valence-corrected chi connectivity index (χ2v) is 7.47. The summed E-state index contributed by atoms with van der Waals surface area (Å²) in [6.07, 6.45) is 3.97. The lowest BCUT2D eigenvalue weighted by molar-refractivity contribution is -0.122. The SMILES string of the molecule is C=CCOc1c(I)cc(/C=C2\SC(=O)N(CCCOC)C2=O)cc1OC. The Morgan fingerprint density at radius 2 is 2.08 bits per heavy atom. The van der Waals surface area contributed by atoms with Crippen molar-refractivity contribution in [3.8, 4) is 11.5 Å². The first-order chi connectivity index (χ1) is 12.5. The Labute approximate surface area is 170 Å². The van der Waals surface area contributed by atoms with Crippen LogP contribution in [-0.4, -0.2) is 50.0 Å². The second-order valence-electron chi connectivity index (χ2n) is 5.31. The Balaban J connectivity index is 2.23. The average Bonchev–Trinajstić information content (AvgIpc) is 2.88. The summed E-state index contributed by atoms with van der Waals surface area (Å²) in [6, 6.07) is 3.65. The third-order valence-corrected chi connectivity index (χ3v) is 5.21. The van der Waals surface area contributed by atoms with E-state index in [1.165, 1.54) is 4.90 Å². The van der Waals surface area contributed by atoms with Crippen LogP contribution in [0.1, 0.15) is 12.0 Å². The van der Waals surface area contributed by atoms with Crippen molar-refractivity contribution in [3.63, 3.8) is 0 Å². The van der Waals surface area contributed by atoms with Crippen molar-refractivity contribution in [1.82, 2.24) is 4.90 Å². The molecule has 2 amide bonds. The van der Waals surface area contributed by atoms with E-state index in [1.807, 2.05) is 6.07 Å². The van der Waals surface area contributed by atoms with E-state index in [0.717, 1.165) is 20.9 Å². The molecule has 1 saturated heterocycles. The van der Waals surface area contributed by atoms with Gasteiger partial charge in [-0.2, -0.15) is 0 Å². The zero-order valence-corrected chi connectivity index (χ0v) is 17.6. The molecule has 1 aliphatic heterocycles. The number of benzene rings is 1. The molecule has 26 heavy (non-hydrogen) atoms. The van der Waals surface area contributed by atoms with E-state index in [-0.39, 0.29) is 11.1 Å². The molecular weight excluding hydrogens is 469 g/mol. The lowest BCUT2D eigenvalue weighted by atomic mass is 10.2. The summed E-state index contributed by atoms with van der Waals surface area (Å²) in [4.78, 5) is 26.2. The van der Waals surface area contributed by atoms with Gasteiger partial charge in [-0.25, -0.2) is 0 Å². The van der Waals surface area contributed by atoms with Gasteiger partial charge in [0.25, 0.3) is 11.1 Å². The van der Waals surface area contributed by atoms with Gasteiger partial charge in [-0.1, -0.05) is 12.7 Å². The molecule has 0 aromatic heterocycles. The van der Waals surface area contributed by atoms with E-state index >= 15 is 0 Å². The summed E-state index contributed by atoms with van der Waals surface area (Å²) in [6.45, 7) is 4.86. The molecule has 0 N–H and O–H groups in total. The molecule has 0 atom stereocenters. The zero-order valence-electron chi connectivity index (χ0n) is 14.6. The maximum atomic E-state index is 12.5. The largest absolute Gasteiger partial charge is 0.493 e. The highest BCUT2D eigenvalue weighted by molar-refractivity contribution is 14.1. The molecule has 6 nitrogen and oxygen atoms in total. The van der Waals surface area contributed by atoms with Crippen LogP contribution in [0.25, 0.3) is 6.08 Å². The molecule has 140 valence electrons. The number of hydrogen-bond donors (Lipinski definition) is 0. The third-order valence-electron chi connectivity index (χ3n) is 3.50. The topological polar surface area (TPSA) is 65.1 Å². The number of ether oxygens (including phenoxy) is 3. The van der Waals surface area contributed by atoms with Crippen LogP contribution in [0.5, 0.6) is 11.5 Å². The molecule has 2 rings (SSSR count). The van der Waals surface area contributed by atoms with Gasteiger partial charge < -0.3 is 14.2 Å². The molecule has 8 heteroatoms. The van der Waals surface area contributed by atoms with Crippen LogP contribution in [0.15, 0.2) is 29.7 Å². The number of hydrogen-bond acceptors (Lipinski definition) is 6. The first kappa shape index (κ1) is 20.8. The molecule has 1 heterocycles. The molecule has 1 fully saturated rings. The molecule has 0 spiro atoms. The lowest BCUT2D eigenvalue weighted by Gasteiger charge is -2.13. The number of halogens is 1. The van der Waals surface area contributed by atoms with E-state index in [9.17, 15) is 9.59 Å². The molecule has 0 aliphatic carbocycles. The van der Waals surface area contributed by atoms with Crippen LogP contribution in [0.4, 0.5) is 4.79 Å². The van der Waals surface area contributed by atoms with E-state index in [1.54, 1.807) is 32.4 Å². The van der Waals surface area contributed by atoms with Gasteiger partial charge in [0.1, 0.15) is 6.61 Å². The molecule has 0 radical (unpaired) electrons. The highest BCUT2D eigenvalue weighted by Gasteiger charge is 2.34. The number of methoxy groups -OCH3 is 2. The van der Waals surface area contributed by atoms with Crippen molar-refractivity contribution in [2.75, 3.05) is 34.0 Å². The molecule has 1 aromatic rings. The minimum absolute atomic E-state index is 0.259. The Hall–Kier alpha value is -1.52. The van der Waals surface area contributed by atoms with Crippen LogP contribution in [0.2, 0.25) is 0 Å². The molecule has 0 saturated carbocycles. The van der Waals surface area contributed by atoms with Crippen molar-refractivity contribution in [1.29, 1.82) is 0 Å². The van der Waals surface area contributed by atoms with Crippen molar-refractivity contribution in [3.05, 3.63) is 38.8 Å². The van der Waals surface area contributed by atoms with Crippen LogP contribution in [-0.2, 0) is 9.53 Å². The summed E-state index contributed by atoms with van der Waals surface area (Å²) in [5.41, 5.74) is 0.764. The number of rotatable bonds is 9. The number of thioether (sulfide) groups is 1.